The Kier molecular flexibility index (Phi) is 3.13. The van der Waals surface area contributed by atoms with Crippen LogP contribution in [-0.4, -0.2) is 22.9 Å². The zero-order valence-electron chi connectivity index (χ0n) is 6.50. The summed E-state index contributed by atoms with van der Waals surface area (Å²) in [6, 6.07) is 7.90. The average molecular weight is 165 g/mol. The van der Waals surface area contributed by atoms with Gasteiger partial charge in [-0.25, -0.2) is 0 Å². The SMILES string of the molecule is COC[Si]c1cccc(N)c1. The summed E-state index contributed by atoms with van der Waals surface area (Å²) >= 11 is 0. The van der Waals surface area contributed by atoms with Crippen LogP contribution in [-0.2, 0) is 4.74 Å². The Morgan fingerprint density at radius 3 is 3.00 bits per heavy atom. The van der Waals surface area contributed by atoms with E-state index in [1.807, 2.05) is 18.2 Å². The van der Waals surface area contributed by atoms with Crippen LogP contribution in [0.1, 0.15) is 0 Å². The Bertz CT molecular complexity index is 227. The number of ether oxygens (including phenoxy) is 1. The van der Waals surface area contributed by atoms with E-state index in [4.69, 9.17) is 10.5 Å². The Balaban J connectivity index is 2.56. The van der Waals surface area contributed by atoms with Gasteiger partial charge in [0.2, 0.25) is 0 Å². The van der Waals surface area contributed by atoms with E-state index in [2.05, 4.69) is 6.07 Å². The molecule has 2 nitrogen and oxygen atoms in total. The molecule has 0 spiro atoms. The molecule has 0 atom stereocenters. The van der Waals surface area contributed by atoms with Gasteiger partial charge in [-0.1, -0.05) is 17.3 Å². The van der Waals surface area contributed by atoms with Crippen LogP contribution >= 0.6 is 0 Å². The van der Waals surface area contributed by atoms with Crippen LogP contribution in [0.15, 0.2) is 24.3 Å². The van der Waals surface area contributed by atoms with Gasteiger partial charge in [0, 0.05) is 19.0 Å². The smallest absolute Gasteiger partial charge is 0.114 e. The summed E-state index contributed by atoms with van der Waals surface area (Å²) in [5.41, 5.74) is 6.42. The zero-order chi connectivity index (χ0) is 8.10. The molecule has 0 aromatic heterocycles. The quantitative estimate of drug-likeness (QED) is 0.513. The molecular formula is C8H11NOSi. The van der Waals surface area contributed by atoms with Crippen LogP contribution in [0.5, 0.6) is 0 Å². The molecule has 0 unspecified atom stereocenters. The van der Waals surface area contributed by atoms with E-state index in [1.165, 1.54) is 5.19 Å². The number of benzene rings is 1. The first kappa shape index (κ1) is 8.29. The molecule has 0 fully saturated rings. The molecule has 0 heterocycles. The number of rotatable bonds is 3. The monoisotopic (exact) mass is 165 g/mol. The van der Waals surface area contributed by atoms with Gasteiger partial charge in [-0.15, -0.1) is 0 Å². The molecule has 58 valence electrons. The number of hydrogen-bond donors (Lipinski definition) is 1. The maximum Gasteiger partial charge on any atom is 0.114 e. The summed E-state index contributed by atoms with van der Waals surface area (Å²) in [5.74, 6) is 0. The van der Waals surface area contributed by atoms with Crippen molar-refractivity contribution >= 4 is 20.4 Å². The first-order chi connectivity index (χ1) is 5.33. The minimum atomic E-state index is 0.699. The second kappa shape index (κ2) is 4.15. The minimum absolute atomic E-state index is 0.699. The summed E-state index contributed by atoms with van der Waals surface area (Å²) in [6.45, 7) is 0. The summed E-state index contributed by atoms with van der Waals surface area (Å²) in [6.07, 6.45) is 0.781. The summed E-state index contributed by atoms with van der Waals surface area (Å²) in [4.78, 5) is 0. The van der Waals surface area contributed by atoms with Crippen molar-refractivity contribution in [3.05, 3.63) is 24.3 Å². The van der Waals surface area contributed by atoms with Gasteiger partial charge in [0.1, 0.15) is 9.52 Å². The Labute approximate surface area is 69.2 Å². The van der Waals surface area contributed by atoms with Gasteiger partial charge < -0.3 is 10.5 Å². The molecule has 0 aliphatic heterocycles. The predicted octanol–water partition coefficient (Wildman–Crippen LogP) is 0.202. The Morgan fingerprint density at radius 1 is 1.55 bits per heavy atom. The molecule has 11 heavy (non-hydrogen) atoms. The van der Waals surface area contributed by atoms with E-state index in [1.54, 1.807) is 7.11 Å². The van der Waals surface area contributed by atoms with Gasteiger partial charge in [0.15, 0.2) is 0 Å². The third-order valence-electron chi connectivity index (χ3n) is 1.31. The lowest BCUT2D eigenvalue weighted by Gasteiger charge is -1.99. The zero-order valence-corrected chi connectivity index (χ0v) is 7.50. The van der Waals surface area contributed by atoms with Crippen LogP contribution < -0.4 is 10.9 Å². The van der Waals surface area contributed by atoms with Gasteiger partial charge in [0.05, 0.1) is 0 Å². The molecule has 0 bridgehead atoms. The molecule has 2 N–H and O–H groups in total. The molecule has 0 saturated carbocycles. The van der Waals surface area contributed by atoms with Gasteiger partial charge in [0.25, 0.3) is 0 Å². The number of methoxy groups -OCH3 is 1. The van der Waals surface area contributed by atoms with E-state index in [9.17, 15) is 0 Å². The standard InChI is InChI=1S/C8H11NOSi/c1-10-6-11-8-4-2-3-7(9)5-8/h2-5H,6,9H2,1H3. The van der Waals surface area contributed by atoms with Crippen molar-refractivity contribution in [3.8, 4) is 0 Å². The molecule has 1 aromatic carbocycles. The fourth-order valence-electron chi connectivity index (χ4n) is 0.804. The third-order valence-corrected chi connectivity index (χ3v) is 2.46. The molecular weight excluding hydrogens is 154 g/mol. The predicted molar refractivity (Wildman–Crippen MR) is 48.1 cm³/mol. The summed E-state index contributed by atoms with van der Waals surface area (Å²) in [5, 5.41) is 1.26. The molecule has 0 amide bonds. The van der Waals surface area contributed by atoms with Crippen LogP contribution in [0, 0.1) is 0 Å². The summed E-state index contributed by atoms with van der Waals surface area (Å²) in [7, 11) is 2.41. The van der Waals surface area contributed by atoms with Crippen LogP contribution in [0.4, 0.5) is 5.69 Å². The van der Waals surface area contributed by atoms with Crippen LogP contribution in [0.25, 0.3) is 0 Å². The lowest BCUT2D eigenvalue weighted by molar-refractivity contribution is 0.252. The first-order valence-corrected chi connectivity index (χ1v) is 4.62. The highest BCUT2D eigenvalue weighted by molar-refractivity contribution is 6.53. The van der Waals surface area contributed by atoms with Crippen molar-refractivity contribution in [3.63, 3.8) is 0 Å². The normalized spacial score (nSPS) is 9.91. The van der Waals surface area contributed by atoms with E-state index in [0.29, 0.717) is 9.52 Å². The van der Waals surface area contributed by atoms with Crippen molar-refractivity contribution < 1.29 is 4.74 Å². The van der Waals surface area contributed by atoms with E-state index >= 15 is 0 Å². The topological polar surface area (TPSA) is 35.2 Å². The molecule has 0 aliphatic rings. The molecule has 1 aromatic rings. The van der Waals surface area contributed by atoms with Crippen molar-refractivity contribution in [2.75, 3.05) is 19.1 Å². The van der Waals surface area contributed by atoms with Crippen molar-refractivity contribution in [2.45, 2.75) is 0 Å². The van der Waals surface area contributed by atoms with E-state index in [0.717, 1.165) is 11.9 Å². The lowest BCUT2D eigenvalue weighted by Crippen LogP contribution is -2.18. The summed E-state index contributed by atoms with van der Waals surface area (Å²) < 4.78 is 4.96. The van der Waals surface area contributed by atoms with Crippen LogP contribution in [0.2, 0.25) is 0 Å². The molecule has 1 rings (SSSR count). The van der Waals surface area contributed by atoms with Gasteiger partial charge in [-0.3, -0.25) is 0 Å². The van der Waals surface area contributed by atoms with Gasteiger partial charge >= 0.3 is 0 Å². The Hall–Kier alpha value is -0.803. The molecule has 0 saturated heterocycles. The molecule has 3 heteroatoms. The number of anilines is 1. The lowest BCUT2D eigenvalue weighted by atomic mass is 10.3. The van der Waals surface area contributed by atoms with Gasteiger partial charge in [-0.2, -0.15) is 0 Å². The average Bonchev–Trinajstić information content (AvgIpc) is 2.01. The van der Waals surface area contributed by atoms with Crippen molar-refractivity contribution in [2.24, 2.45) is 0 Å². The van der Waals surface area contributed by atoms with Crippen molar-refractivity contribution in [1.82, 2.24) is 0 Å². The Morgan fingerprint density at radius 2 is 2.36 bits per heavy atom. The van der Waals surface area contributed by atoms with Crippen LogP contribution in [0.3, 0.4) is 0 Å². The fraction of sp³-hybridized carbons (Fsp3) is 0.250. The van der Waals surface area contributed by atoms with Crippen molar-refractivity contribution in [1.29, 1.82) is 0 Å². The minimum Gasteiger partial charge on any atom is -0.399 e. The number of nitrogens with two attached hydrogens (primary N) is 1. The molecule has 2 radical (unpaired) electrons. The highest BCUT2D eigenvalue weighted by Crippen LogP contribution is 1.95. The van der Waals surface area contributed by atoms with Gasteiger partial charge in [-0.05, 0) is 12.1 Å². The maximum atomic E-state index is 5.59. The number of hydrogen-bond acceptors (Lipinski definition) is 2. The highest BCUT2D eigenvalue weighted by Gasteiger charge is 1.93. The fourth-order valence-corrected chi connectivity index (χ4v) is 1.60. The highest BCUT2D eigenvalue weighted by atomic mass is 28.2. The molecule has 0 aliphatic carbocycles. The number of nitrogen functional groups attached to an aromatic ring is 1. The van der Waals surface area contributed by atoms with E-state index < -0.39 is 0 Å². The van der Waals surface area contributed by atoms with E-state index in [-0.39, 0.29) is 0 Å². The first-order valence-electron chi connectivity index (χ1n) is 3.41. The second-order valence-corrected chi connectivity index (χ2v) is 3.45. The second-order valence-electron chi connectivity index (χ2n) is 2.24. The largest absolute Gasteiger partial charge is 0.399 e. The third kappa shape index (κ3) is 2.74. The maximum absolute atomic E-state index is 5.59.